The van der Waals surface area contributed by atoms with Crippen molar-refractivity contribution in [3.63, 3.8) is 0 Å². The predicted octanol–water partition coefficient (Wildman–Crippen LogP) is 2.00. The van der Waals surface area contributed by atoms with Gasteiger partial charge in [-0.25, -0.2) is 9.59 Å². The van der Waals surface area contributed by atoms with E-state index in [2.05, 4.69) is 27.4 Å². The lowest BCUT2D eigenvalue weighted by Crippen LogP contribution is -2.52. The second-order valence-corrected chi connectivity index (χ2v) is 7.27. The van der Waals surface area contributed by atoms with Crippen molar-refractivity contribution in [3.05, 3.63) is 46.5 Å². The van der Waals surface area contributed by atoms with Gasteiger partial charge in [0, 0.05) is 6.07 Å². The van der Waals surface area contributed by atoms with Crippen LogP contribution in [-0.4, -0.2) is 47.7 Å². The van der Waals surface area contributed by atoms with Crippen LogP contribution in [0.4, 0.5) is 21.0 Å². The van der Waals surface area contributed by atoms with Crippen molar-refractivity contribution >= 4 is 35.4 Å². The summed E-state index contributed by atoms with van der Waals surface area (Å²) in [5, 5.41) is 15.9. The first kappa shape index (κ1) is 25.9. The zero-order chi connectivity index (χ0) is 24.5. The highest BCUT2D eigenvalue weighted by Crippen LogP contribution is 2.23. The summed E-state index contributed by atoms with van der Waals surface area (Å²) in [6.45, 7) is 8.44. The number of hydrazine groups is 1. The lowest BCUT2D eigenvalue weighted by molar-refractivity contribution is -0.385. The van der Waals surface area contributed by atoms with Crippen LogP contribution in [-0.2, 0) is 14.3 Å². The number of carbonyl (C=O) groups is 4. The van der Waals surface area contributed by atoms with Crippen molar-refractivity contribution in [2.45, 2.75) is 38.8 Å². The molecule has 0 radical (unpaired) electrons. The molecule has 0 saturated heterocycles. The summed E-state index contributed by atoms with van der Waals surface area (Å²) in [6.07, 6.45) is -0.305. The second kappa shape index (κ2) is 11.3. The largest absolute Gasteiger partial charge is 0.453 e. The number of nitrogens with zero attached hydrogens (tertiary/aromatic N) is 1. The van der Waals surface area contributed by atoms with E-state index in [0.717, 1.165) is 19.2 Å². The number of hydrogen-bond donors (Lipinski definition) is 4. The molecule has 1 atom stereocenters. The number of nitrogens with one attached hydrogen (secondary N) is 4. The van der Waals surface area contributed by atoms with E-state index in [0.29, 0.717) is 0 Å². The van der Waals surface area contributed by atoms with Crippen molar-refractivity contribution in [2.75, 3.05) is 12.4 Å². The molecule has 0 aliphatic rings. The molecule has 0 aliphatic heterocycles. The molecule has 13 heteroatoms. The summed E-state index contributed by atoms with van der Waals surface area (Å²) in [6, 6.07) is 2.17. The summed E-state index contributed by atoms with van der Waals surface area (Å²) in [7, 11) is 1.12. The van der Waals surface area contributed by atoms with Crippen molar-refractivity contribution in [1.29, 1.82) is 0 Å². The van der Waals surface area contributed by atoms with Crippen LogP contribution in [0.2, 0.25) is 0 Å². The van der Waals surface area contributed by atoms with Crippen LogP contribution in [0.5, 0.6) is 0 Å². The fourth-order valence-corrected chi connectivity index (χ4v) is 2.24. The number of rotatable bonds is 7. The monoisotopic (exact) mass is 451 g/mol. The van der Waals surface area contributed by atoms with Crippen LogP contribution in [0, 0.1) is 10.1 Å². The molecule has 0 spiro atoms. The molecule has 0 aliphatic carbocycles. The molecule has 13 nitrogen and oxygen atoms in total. The number of nitro benzene ring substituents is 1. The molecule has 0 saturated carbocycles. The van der Waals surface area contributed by atoms with Crippen LogP contribution in [0.1, 0.15) is 37.6 Å². The van der Waals surface area contributed by atoms with Crippen molar-refractivity contribution < 1.29 is 33.6 Å². The molecule has 32 heavy (non-hydrogen) atoms. The molecule has 174 valence electrons. The zero-order valence-corrected chi connectivity index (χ0v) is 18.0. The van der Waals surface area contributed by atoms with Crippen molar-refractivity contribution in [1.82, 2.24) is 16.2 Å². The van der Waals surface area contributed by atoms with Gasteiger partial charge >= 0.3 is 12.2 Å². The minimum Gasteiger partial charge on any atom is -0.453 e. The Bertz CT molecular complexity index is 909. The van der Waals surface area contributed by atoms with Crippen LogP contribution in [0.3, 0.4) is 0 Å². The molecule has 4 N–H and O–H groups in total. The summed E-state index contributed by atoms with van der Waals surface area (Å²) in [5.74, 6) is -1.81. The van der Waals surface area contributed by atoms with Crippen molar-refractivity contribution in [2.24, 2.45) is 0 Å². The van der Waals surface area contributed by atoms with Crippen LogP contribution in [0.15, 0.2) is 30.9 Å². The molecule has 0 aromatic heterocycles. The Labute approximate surface area is 183 Å². The van der Waals surface area contributed by atoms with Gasteiger partial charge in [0.25, 0.3) is 17.5 Å². The van der Waals surface area contributed by atoms with Gasteiger partial charge in [-0.05, 0) is 39.3 Å². The number of hydrogen-bond acceptors (Lipinski definition) is 8. The van der Waals surface area contributed by atoms with E-state index in [1.54, 1.807) is 20.8 Å². The Morgan fingerprint density at radius 1 is 1.19 bits per heavy atom. The standard InChI is InChI=1S/C19H25N5O8/c1-6-7-13(21-18(28)32-19(2,3)4)16(26)23-22-15(25)12-9-8-11(20-17(27)31-5)10-14(12)24(29)30/h6,8-10,13H,1,7H2,2-5H3,(H,20,27)(H,21,28)(H,22,25)(H,23,26). The molecular weight excluding hydrogens is 426 g/mol. The molecule has 1 unspecified atom stereocenters. The molecule has 1 aromatic rings. The average Bonchev–Trinajstić information content (AvgIpc) is 2.69. The summed E-state index contributed by atoms with van der Waals surface area (Å²) < 4.78 is 9.48. The Kier molecular flexibility index (Phi) is 9.13. The third-order valence-electron chi connectivity index (χ3n) is 3.58. The summed E-state index contributed by atoms with van der Waals surface area (Å²) in [4.78, 5) is 58.4. The Balaban J connectivity index is 2.89. The first-order valence-corrected chi connectivity index (χ1v) is 9.22. The number of carbonyl (C=O) groups excluding carboxylic acids is 4. The van der Waals surface area contributed by atoms with E-state index in [9.17, 15) is 29.3 Å². The van der Waals surface area contributed by atoms with E-state index in [-0.39, 0.29) is 17.7 Å². The number of amides is 4. The van der Waals surface area contributed by atoms with Crippen LogP contribution in [0.25, 0.3) is 0 Å². The number of ether oxygens (including phenoxy) is 2. The van der Waals surface area contributed by atoms with Crippen LogP contribution < -0.4 is 21.5 Å². The van der Waals surface area contributed by atoms with Gasteiger partial charge in [-0.3, -0.25) is 35.9 Å². The summed E-state index contributed by atoms with van der Waals surface area (Å²) >= 11 is 0. The Morgan fingerprint density at radius 2 is 1.84 bits per heavy atom. The highest BCUT2D eigenvalue weighted by molar-refractivity contribution is 6.00. The van der Waals surface area contributed by atoms with Gasteiger partial charge in [0.05, 0.1) is 17.7 Å². The first-order valence-electron chi connectivity index (χ1n) is 9.22. The van der Waals surface area contributed by atoms with Gasteiger partial charge in [0.1, 0.15) is 17.2 Å². The SMILES string of the molecule is C=CCC(NC(=O)OC(C)(C)C)C(=O)NNC(=O)c1ccc(NC(=O)OC)cc1[N+](=O)[O-]. The number of anilines is 1. The highest BCUT2D eigenvalue weighted by Gasteiger charge is 2.25. The maximum Gasteiger partial charge on any atom is 0.411 e. The summed E-state index contributed by atoms with van der Waals surface area (Å²) in [5.41, 5.74) is 2.36. The molecule has 0 bridgehead atoms. The van der Waals surface area contributed by atoms with E-state index in [1.165, 1.54) is 12.1 Å². The van der Waals surface area contributed by atoms with Gasteiger partial charge in [-0.1, -0.05) is 6.08 Å². The van der Waals surface area contributed by atoms with E-state index < -0.39 is 46.3 Å². The molecule has 0 heterocycles. The molecule has 1 aromatic carbocycles. The number of nitro groups is 1. The molecular formula is C19H25N5O8. The predicted molar refractivity (Wildman–Crippen MR) is 113 cm³/mol. The lowest BCUT2D eigenvalue weighted by Gasteiger charge is -2.22. The van der Waals surface area contributed by atoms with Gasteiger partial charge in [0.2, 0.25) is 0 Å². The Morgan fingerprint density at radius 3 is 2.38 bits per heavy atom. The van der Waals surface area contributed by atoms with E-state index in [4.69, 9.17) is 4.74 Å². The van der Waals surface area contributed by atoms with E-state index >= 15 is 0 Å². The fourth-order valence-electron chi connectivity index (χ4n) is 2.24. The third-order valence-corrected chi connectivity index (χ3v) is 3.58. The number of benzene rings is 1. The smallest absolute Gasteiger partial charge is 0.411 e. The number of methoxy groups -OCH3 is 1. The third kappa shape index (κ3) is 8.30. The Hall–Kier alpha value is -4.16. The minimum atomic E-state index is -1.12. The normalized spacial score (nSPS) is 11.4. The van der Waals surface area contributed by atoms with Gasteiger partial charge in [-0.2, -0.15) is 0 Å². The van der Waals surface area contributed by atoms with Gasteiger partial charge < -0.3 is 14.8 Å². The highest BCUT2D eigenvalue weighted by atomic mass is 16.6. The van der Waals surface area contributed by atoms with Crippen LogP contribution >= 0.6 is 0 Å². The van der Waals surface area contributed by atoms with E-state index in [1.807, 2.05) is 5.43 Å². The molecule has 1 rings (SSSR count). The first-order chi connectivity index (χ1) is 14.9. The second-order valence-electron chi connectivity index (χ2n) is 7.27. The number of alkyl carbamates (subject to hydrolysis) is 1. The van der Waals surface area contributed by atoms with Gasteiger partial charge in [-0.15, -0.1) is 6.58 Å². The lowest BCUT2D eigenvalue weighted by atomic mass is 10.1. The average molecular weight is 451 g/mol. The van der Waals surface area contributed by atoms with Gasteiger partial charge in [0.15, 0.2) is 0 Å². The fraction of sp³-hybridized carbons (Fsp3) is 0.368. The molecule has 4 amide bonds. The maximum absolute atomic E-state index is 12.4. The topological polar surface area (TPSA) is 178 Å². The molecule has 0 fully saturated rings. The maximum atomic E-state index is 12.4. The van der Waals surface area contributed by atoms with Crippen molar-refractivity contribution in [3.8, 4) is 0 Å². The zero-order valence-electron chi connectivity index (χ0n) is 18.0. The minimum absolute atomic E-state index is 0.0228. The quantitative estimate of drug-likeness (QED) is 0.276.